The van der Waals surface area contributed by atoms with Crippen LogP contribution in [0.2, 0.25) is 0 Å². The number of aliphatic hydroxyl groups excluding tert-OH is 1. The molecule has 0 bridgehead atoms. The van der Waals surface area contributed by atoms with Gasteiger partial charge in [0.2, 0.25) is 12.7 Å². The molecule has 3 N–H and O–H groups in total. The first-order chi connectivity index (χ1) is 24.0. The number of nitrogens with one attached hydrogen (secondary N) is 2. The van der Waals surface area contributed by atoms with Gasteiger partial charge in [-0.1, -0.05) is 64.8 Å². The van der Waals surface area contributed by atoms with Gasteiger partial charge in [0.05, 0.1) is 6.61 Å². The van der Waals surface area contributed by atoms with Crippen molar-refractivity contribution in [2.75, 3.05) is 20.0 Å². The second kappa shape index (κ2) is 15.1. The predicted octanol–water partition coefficient (Wildman–Crippen LogP) is 6.38. The predicted molar refractivity (Wildman–Crippen MR) is 178 cm³/mol. The van der Waals surface area contributed by atoms with Crippen LogP contribution >= 0.6 is 0 Å². The molecule has 0 saturated heterocycles. The summed E-state index contributed by atoms with van der Waals surface area (Å²) in [7, 11) is 0. The van der Waals surface area contributed by atoms with E-state index in [1.807, 2.05) is 12.1 Å². The molecule has 1 amide bonds. The van der Waals surface area contributed by atoms with Gasteiger partial charge in [-0.2, -0.15) is 0 Å². The number of hydrogen-bond donors (Lipinski definition) is 3. The van der Waals surface area contributed by atoms with Crippen molar-refractivity contribution in [2.24, 2.45) is 15.2 Å². The van der Waals surface area contributed by atoms with Gasteiger partial charge in [0.25, 0.3) is 5.91 Å². The SMILES string of the molecule is [N-]=[N+]=Nc1ccccc1C[C@]1(C(=O)NNCc2ccc3c(c2)OCO3)N=C(c2ccc(OCCCO)cc2)O[C@H]1c1ccccc1N=[N+]=[N-]. The molecule has 6 rings (SSSR count). The number of rotatable bonds is 14. The van der Waals surface area contributed by atoms with Gasteiger partial charge < -0.3 is 24.1 Å². The average molecular weight is 662 g/mol. The molecule has 2 aliphatic rings. The lowest BCUT2D eigenvalue weighted by atomic mass is 9.81. The van der Waals surface area contributed by atoms with Gasteiger partial charge in [0.15, 0.2) is 23.1 Å². The first kappa shape index (κ1) is 32.7. The van der Waals surface area contributed by atoms with Crippen LogP contribution in [-0.2, 0) is 22.5 Å². The smallest absolute Gasteiger partial charge is 0.266 e. The number of benzene rings is 4. The molecule has 248 valence electrons. The Morgan fingerprint density at radius 3 is 2.49 bits per heavy atom. The molecule has 49 heavy (non-hydrogen) atoms. The summed E-state index contributed by atoms with van der Waals surface area (Å²) < 4.78 is 23.1. The minimum absolute atomic E-state index is 0.0138. The molecule has 0 aromatic heterocycles. The van der Waals surface area contributed by atoms with Crippen molar-refractivity contribution in [3.63, 3.8) is 0 Å². The van der Waals surface area contributed by atoms with Crippen molar-refractivity contribution in [3.05, 3.63) is 134 Å². The fraction of sp³-hybridized carbons (Fsp3) is 0.235. The van der Waals surface area contributed by atoms with E-state index in [-0.39, 0.29) is 38.0 Å². The van der Waals surface area contributed by atoms with E-state index in [1.165, 1.54) is 0 Å². The third kappa shape index (κ3) is 7.20. The molecule has 2 atom stereocenters. The van der Waals surface area contributed by atoms with Gasteiger partial charge in [-0.25, -0.2) is 10.4 Å². The molecular formula is C34H31N9O6. The summed E-state index contributed by atoms with van der Waals surface area (Å²) >= 11 is 0. The maximum atomic E-state index is 14.6. The summed E-state index contributed by atoms with van der Waals surface area (Å²) in [5.74, 6) is 1.44. The molecular weight excluding hydrogens is 630 g/mol. The molecule has 0 spiro atoms. The van der Waals surface area contributed by atoms with Crippen molar-refractivity contribution >= 4 is 23.2 Å². The van der Waals surface area contributed by atoms with Crippen LogP contribution in [0.15, 0.2) is 106 Å². The Bertz CT molecular complexity index is 1960. The van der Waals surface area contributed by atoms with Crippen LogP contribution in [0.25, 0.3) is 20.9 Å². The fourth-order valence-electron chi connectivity index (χ4n) is 5.59. The molecule has 0 saturated carbocycles. The highest BCUT2D eigenvalue weighted by molar-refractivity contribution is 6.01. The van der Waals surface area contributed by atoms with E-state index in [9.17, 15) is 15.9 Å². The summed E-state index contributed by atoms with van der Waals surface area (Å²) in [5.41, 5.74) is 25.7. The Balaban J connectivity index is 1.41. The van der Waals surface area contributed by atoms with Crippen LogP contribution in [0, 0.1) is 0 Å². The first-order valence-corrected chi connectivity index (χ1v) is 15.3. The number of aliphatic imine (C=N–C) groups is 1. The molecule has 0 unspecified atom stereocenters. The van der Waals surface area contributed by atoms with E-state index in [0.29, 0.717) is 52.7 Å². The lowest BCUT2D eigenvalue weighted by molar-refractivity contribution is -0.130. The van der Waals surface area contributed by atoms with Crippen LogP contribution in [0.5, 0.6) is 17.2 Å². The molecule has 15 heteroatoms. The van der Waals surface area contributed by atoms with Gasteiger partial charge >= 0.3 is 0 Å². The first-order valence-electron chi connectivity index (χ1n) is 15.3. The van der Waals surface area contributed by atoms with E-state index in [4.69, 9.17) is 29.0 Å². The molecule has 4 aromatic carbocycles. The van der Waals surface area contributed by atoms with Crippen LogP contribution < -0.4 is 25.1 Å². The number of fused-ring (bicyclic) bond motifs is 1. The molecule has 2 heterocycles. The van der Waals surface area contributed by atoms with E-state index in [1.54, 1.807) is 78.9 Å². The molecule has 0 fully saturated rings. The van der Waals surface area contributed by atoms with Gasteiger partial charge in [-0.3, -0.25) is 10.2 Å². The number of nitrogens with zero attached hydrogens (tertiary/aromatic N) is 7. The Morgan fingerprint density at radius 2 is 1.69 bits per heavy atom. The largest absolute Gasteiger partial charge is 0.494 e. The molecule has 15 nitrogen and oxygen atoms in total. The minimum atomic E-state index is -1.70. The fourth-order valence-corrected chi connectivity index (χ4v) is 5.59. The average Bonchev–Trinajstić information content (AvgIpc) is 3.75. The maximum Gasteiger partial charge on any atom is 0.266 e. The number of carbonyl (C=O) groups is 1. The monoisotopic (exact) mass is 661 g/mol. The van der Waals surface area contributed by atoms with Gasteiger partial charge in [0.1, 0.15) is 5.75 Å². The highest BCUT2D eigenvalue weighted by Gasteiger charge is 2.54. The third-order valence-corrected chi connectivity index (χ3v) is 7.94. The number of amides is 1. The zero-order valence-corrected chi connectivity index (χ0v) is 26.1. The number of azide groups is 2. The maximum absolute atomic E-state index is 14.6. The van der Waals surface area contributed by atoms with Gasteiger partial charge in [-0.15, -0.1) is 0 Å². The van der Waals surface area contributed by atoms with Crippen molar-refractivity contribution in [1.29, 1.82) is 0 Å². The Morgan fingerprint density at radius 1 is 0.959 bits per heavy atom. The zero-order chi connectivity index (χ0) is 34.1. The summed E-state index contributed by atoms with van der Waals surface area (Å²) in [4.78, 5) is 25.6. The highest BCUT2D eigenvalue weighted by atomic mass is 16.7. The summed E-state index contributed by atoms with van der Waals surface area (Å²) in [5, 5.41) is 16.8. The molecule has 0 aliphatic carbocycles. The second-order valence-corrected chi connectivity index (χ2v) is 11.0. The van der Waals surface area contributed by atoms with Crippen LogP contribution in [-0.4, -0.2) is 42.5 Å². The summed E-state index contributed by atoms with van der Waals surface area (Å²) in [6.45, 7) is 0.739. The summed E-state index contributed by atoms with van der Waals surface area (Å²) in [6.07, 6.45) is -0.654. The standard InChI is InChI=1S/C34H31N9O6/c35-42-39-27-8-3-1-6-24(27)19-34(33(45)41-37-20-22-10-15-29-30(18-22)48-21-47-29)31(26-7-2-4-9-28(26)40-43-36)49-32(38-34)23-11-13-25(14-12-23)46-17-5-16-44/h1-4,6-15,18,31,37,44H,5,16-17,19-21H2,(H,41,45)/t31-,34-/m0/s1. The number of hydrogen-bond acceptors (Lipinski definition) is 10. The molecule has 4 aromatic rings. The normalized spacial score (nSPS) is 17.2. The Kier molecular flexibility index (Phi) is 10.1. The Hall–Kier alpha value is -6.24. The quantitative estimate of drug-likeness (QED) is 0.0456. The minimum Gasteiger partial charge on any atom is -0.494 e. The van der Waals surface area contributed by atoms with Gasteiger partial charge in [-0.05, 0) is 58.6 Å². The van der Waals surface area contributed by atoms with Gasteiger partial charge in [0, 0.05) is 58.3 Å². The van der Waals surface area contributed by atoms with Crippen molar-refractivity contribution in [3.8, 4) is 17.2 Å². The molecule has 2 aliphatic heterocycles. The van der Waals surface area contributed by atoms with E-state index < -0.39 is 17.6 Å². The third-order valence-electron chi connectivity index (χ3n) is 7.94. The number of aliphatic hydroxyl groups is 1. The number of carbonyl (C=O) groups excluding carboxylic acids is 1. The zero-order valence-electron chi connectivity index (χ0n) is 26.1. The van der Waals surface area contributed by atoms with Crippen LogP contribution in [0.3, 0.4) is 0 Å². The number of ether oxygens (including phenoxy) is 4. The lowest BCUT2D eigenvalue weighted by Crippen LogP contribution is -2.53. The number of hydrazine groups is 1. The lowest BCUT2D eigenvalue weighted by Gasteiger charge is -2.31. The van der Waals surface area contributed by atoms with E-state index >= 15 is 0 Å². The van der Waals surface area contributed by atoms with Crippen molar-refractivity contribution < 1.29 is 28.8 Å². The van der Waals surface area contributed by atoms with Crippen LogP contribution in [0.4, 0.5) is 11.4 Å². The Labute approximate surface area is 280 Å². The molecule has 0 radical (unpaired) electrons. The summed E-state index contributed by atoms with van der Waals surface area (Å²) in [6, 6.07) is 26.2. The van der Waals surface area contributed by atoms with Crippen molar-refractivity contribution in [2.45, 2.75) is 31.0 Å². The topological polar surface area (TPSA) is 208 Å². The van der Waals surface area contributed by atoms with E-state index in [2.05, 4.69) is 30.9 Å². The second-order valence-electron chi connectivity index (χ2n) is 11.0. The highest BCUT2D eigenvalue weighted by Crippen LogP contribution is 2.46. The van der Waals surface area contributed by atoms with E-state index in [0.717, 1.165) is 5.56 Å². The van der Waals surface area contributed by atoms with Crippen LogP contribution in [0.1, 0.15) is 34.8 Å². The van der Waals surface area contributed by atoms with Crippen molar-refractivity contribution in [1.82, 2.24) is 10.9 Å².